The van der Waals surface area contributed by atoms with Crippen LogP contribution in [0.4, 0.5) is 5.13 Å². The Bertz CT molecular complexity index is 1020. The Morgan fingerprint density at radius 3 is 2.83 bits per heavy atom. The first-order valence-corrected chi connectivity index (χ1v) is 9.93. The summed E-state index contributed by atoms with van der Waals surface area (Å²) < 4.78 is 5.60. The molecule has 148 valence electrons. The summed E-state index contributed by atoms with van der Waals surface area (Å²) in [6.07, 6.45) is 5.01. The molecule has 0 radical (unpaired) electrons. The van der Waals surface area contributed by atoms with E-state index in [2.05, 4.69) is 20.3 Å². The van der Waals surface area contributed by atoms with Crippen molar-refractivity contribution in [1.82, 2.24) is 19.9 Å². The maximum Gasteiger partial charge on any atom is 0.277 e. The van der Waals surface area contributed by atoms with E-state index in [0.717, 1.165) is 16.1 Å². The first kappa shape index (κ1) is 19.0. The molecule has 3 aromatic rings. The Morgan fingerprint density at radius 1 is 1.24 bits per heavy atom. The molecule has 4 rings (SSSR count). The molecule has 2 aromatic heterocycles. The number of carbonyl (C=O) groups excluding carboxylic acids is 2. The van der Waals surface area contributed by atoms with Crippen LogP contribution in [0.2, 0.25) is 0 Å². The molecule has 0 bridgehead atoms. The van der Waals surface area contributed by atoms with E-state index in [0.29, 0.717) is 30.4 Å². The molecular formula is C20H19N5O3S. The number of amides is 2. The second-order valence-corrected chi connectivity index (χ2v) is 7.68. The number of anilines is 1. The average molecular weight is 409 g/mol. The van der Waals surface area contributed by atoms with Crippen LogP contribution >= 0.6 is 11.3 Å². The number of fused-ring (bicyclic) bond motifs is 1. The fourth-order valence-electron chi connectivity index (χ4n) is 2.91. The molecule has 0 saturated carbocycles. The third-order valence-corrected chi connectivity index (χ3v) is 5.48. The summed E-state index contributed by atoms with van der Waals surface area (Å²) in [7, 11) is 0. The quantitative estimate of drug-likeness (QED) is 0.695. The van der Waals surface area contributed by atoms with Gasteiger partial charge in [-0.25, -0.2) is 9.97 Å². The average Bonchev–Trinajstić information content (AvgIpc) is 3.15. The molecule has 8 nitrogen and oxygen atoms in total. The van der Waals surface area contributed by atoms with E-state index in [1.165, 1.54) is 29.9 Å². The van der Waals surface area contributed by atoms with Gasteiger partial charge in [0.1, 0.15) is 11.4 Å². The summed E-state index contributed by atoms with van der Waals surface area (Å²) in [6.45, 7) is 3.03. The minimum Gasteiger partial charge on any atom is -0.484 e. The van der Waals surface area contributed by atoms with Crippen LogP contribution < -0.4 is 10.1 Å². The van der Waals surface area contributed by atoms with Gasteiger partial charge < -0.3 is 9.64 Å². The van der Waals surface area contributed by atoms with Gasteiger partial charge in [-0.05, 0) is 19.1 Å². The van der Waals surface area contributed by atoms with Crippen LogP contribution in [0.25, 0.3) is 0 Å². The smallest absolute Gasteiger partial charge is 0.277 e. The Hall–Kier alpha value is -3.33. The molecule has 1 aliphatic heterocycles. The van der Waals surface area contributed by atoms with Gasteiger partial charge in [-0.3, -0.25) is 19.9 Å². The second kappa shape index (κ2) is 8.36. The van der Waals surface area contributed by atoms with E-state index >= 15 is 0 Å². The summed E-state index contributed by atoms with van der Waals surface area (Å²) in [5.41, 5.74) is 2.28. The van der Waals surface area contributed by atoms with Gasteiger partial charge in [0.05, 0.1) is 18.4 Å². The van der Waals surface area contributed by atoms with Crippen LogP contribution in [-0.2, 0) is 17.8 Å². The van der Waals surface area contributed by atoms with E-state index in [1.54, 1.807) is 4.90 Å². The van der Waals surface area contributed by atoms with E-state index in [-0.39, 0.29) is 24.1 Å². The number of hydrogen-bond donors (Lipinski definition) is 1. The highest BCUT2D eigenvalue weighted by atomic mass is 32.1. The zero-order valence-corrected chi connectivity index (χ0v) is 16.6. The molecular weight excluding hydrogens is 390 g/mol. The number of rotatable bonds is 5. The maximum atomic E-state index is 12.5. The summed E-state index contributed by atoms with van der Waals surface area (Å²) in [4.78, 5) is 39.8. The fourth-order valence-corrected chi connectivity index (χ4v) is 3.93. The van der Waals surface area contributed by atoms with E-state index in [9.17, 15) is 9.59 Å². The van der Waals surface area contributed by atoms with E-state index in [4.69, 9.17) is 4.74 Å². The molecule has 29 heavy (non-hydrogen) atoms. The predicted octanol–water partition coefficient (Wildman–Crippen LogP) is 2.46. The zero-order valence-electron chi connectivity index (χ0n) is 15.8. The van der Waals surface area contributed by atoms with Crippen molar-refractivity contribution in [3.05, 3.63) is 64.7 Å². The zero-order chi connectivity index (χ0) is 20.2. The lowest BCUT2D eigenvalue weighted by molar-refractivity contribution is -0.134. The minimum atomic E-state index is -0.358. The molecule has 1 N–H and O–H groups in total. The Balaban J connectivity index is 1.35. The molecule has 0 aliphatic carbocycles. The number of carbonyl (C=O) groups is 2. The van der Waals surface area contributed by atoms with Gasteiger partial charge in [0.15, 0.2) is 11.7 Å². The van der Waals surface area contributed by atoms with Crippen molar-refractivity contribution in [2.45, 2.75) is 19.9 Å². The van der Waals surface area contributed by atoms with Crippen molar-refractivity contribution < 1.29 is 14.3 Å². The van der Waals surface area contributed by atoms with Crippen molar-refractivity contribution in [2.24, 2.45) is 0 Å². The molecule has 0 fully saturated rings. The second-order valence-electron chi connectivity index (χ2n) is 6.60. The highest BCUT2D eigenvalue weighted by Crippen LogP contribution is 2.28. The van der Waals surface area contributed by atoms with E-state index < -0.39 is 0 Å². The summed E-state index contributed by atoms with van der Waals surface area (Å²) >= 11 is 1.37. The third kappa shape index (κ3) is 4.57. The number of benzene rings is 1. The van der Waals surface area contributed by atoms with Gasteiger partial charge >= 0.3 is 0 Å². The number of aromatic nitrogens is 3. The lowest BCUT2D eigenvalue weighted by Gasteiger charge is -2.26. The summed E-state index contributed by atoms with van der Waals surface area (Å²) in [5, 5.41) is 3.24. The number of aryl methyl sites for hydroxylation is 1. The molecule has 0 atom stereocenters. The lowest BCUT2D eigenvalue weighted by atomic mass is 10.2. The monoisotopic (exact) mass is 409 g/mol. The Labute approximate surface area is 171 Å². The van der Waals surface area contributed by atoms with Crippen molar-refractivity contribution in [1.29, 1.82) is 0 Å². The van der Waals surface area contributed by atoms with Gasteiger partial charge in [-0.2, -0.15) is 0 Å². The molecule has 0 saturated heterocycles. The largest absolute Gasteiger partial charge is 0.484 e. The van der Waals surface area contributed by atoms with Crippen LogP contribution in [0.5, 0.6) is 5.75 Å². The van der Waals surface area contributed by atoms with Crippen molar-refractivity contribution in [3.63, 3.8) is 0 Å². The lowest BCUT2D eigenvalue weighted by Crippen LogP contribution is -2.38. The molecule has 1 aromatic carbocycles. The predicted molar refractivity (Wildman–Crippen MR) is 108 cm³/mol. The SMILES string of the molecule is Cc1ccc(OCC(=O)N2CCc3nc(NC(=O)c4cnccn4)sc3C2)cc1. The normalized spacial score (nSPS) is 12.9. The van der Waals surface area contributed by atoms with Gasteiger partial charge in [-0.15, -0.1) is 0 Å². The minimum absolute atomic E-state index is 0.00648. The van der Waals surface area contributed by atoms with Crippen LogP contribution in [0, 0.1) is 6.92 Å². The number of ether oxygens (including phenoxy) is 1. The fraction of sp³-hybridized carbons (Fsp3) is 0.250. The topological polar surface area (TPSA) is 97.3 Å². The molecule has 2 amide bonds. The van der Waals surface area contributed by atoms with Gasteiger partial charge in [0, 0.05) is 30.2 Å². The summed E-state index contributed by atoms with van der Waals surface area (Å²) in [5.74, 6) is 0.242. The number of thiazole rings is 1. The molecule has 1 aliphatic rings. The van der Waals surface area contributed by atoms with Crippen molar-refractivity contribution in [2.75, 3.05) is 18.5 Å². The van der Waals surface area contributed by atoms with Gasteiger partial charge in [0.2, 0.25) is 0 Å². The van der Waals surface area contributed by atoms with Crippen molar-refractivity contribution in [3.8, 4) is 5.75 Å². The molecule has 3 heterocycles. The molecule has 9 heteroatoms. The first-order valence-electron chi connectivity index (χ1n) is 9.11. The van der Waals surface area contributed by atoms with Crippen LogP contribution in [0.3, 0.4) is 0 Å². The van der Waals surface area contributed by atoms with Gasteiger partial charge in [0.25, 0.3) is 11.8 Å². The third-order valence-electron chi connectivity index (χ3n) is 4.48. The highest BCUT2D eigenvalue weighted by molar-refractivity contribution is 7.15. The number of nitrogens with zero attached hydrogens (tertiary/aromatic N) is 4. The summed E-state index contributed by atoms with van der Waals surface area (Å²) in [6, 6.07) is 7.60. The van der Waals surface area contributed by atoms with Crippen molar-refractivity contribution >= 4 is 28.3 Å². The first-order chi connectivity index (χ1) is 14.1. The molecule has 0 spiro atoms. The molecule has 0 unspecified atom stereocenters. The Morgan fingerprint density at radius 2 is 2.07 bits per heavy atom. The number of hydrogen-bond acceptors (Lipinski definition) is 7. The standard InChI is InChI=1S/C20H19N5O3S/c1-13-2-4-14(5-3-13)28-12-18(26)25-9-6-15-17(11-25)29-20(23-15)24-19(27)16-10-21-7-8-22-16/h2-5,7-8,10H,6,9,11-12H2,1H3,(H,23,24,27). The maximum absolute atomic E-state index is 12.5. The highest BCUT2D eigenvalue weighted by Gasteiger charge is 2.25. The van der Waals surface area contributed by atoms with Crippen LogP contribution in [0.1, 0.15) is 26.6 Å². The number of nitrogens with one attached hydrogen (secondary N) is 1. The Kier molecular flexibility index (Phi) is 5.48. The van der Waals surface area contributed by atoms with Crippen LogP contribution in [-0.4, -0.2) is 44.8 Å². The van der Waals surface area contributed by atoms with Gasteiger partial charge in [-0.1, -0.05) is 29.0 Å². The van der Waals surface area contributed by atoms with E-state index in [1.807, 2.05) is 31.2 Å². The van der Waals surface area contributed by atoms with Crippen LogP contribution in [0.15, 0.2) is 42.9 Å².